The van der Waals surface area contributed by atoms with Crippen molar-refractivity contribution in [2.45, 2.75) is 51.7 Å². The highest BCUT2D eigenvalue weighted by Crippen LogP contribution is 2.30. The minimum atomic E-state index is -4.43. The van der Waals surface area contributed by atoms with Crippen LogP contribution in [-0.2, 0) is 0 Å². The second-order valence-corrected chi connectivity index (χ2v) is 5.84. The fourth-order valence-electron chi connectivity index (χ4n) is 2.72. The molecule has 0 heterocycles. The zero-order valence-corrected chi connectivity index (χ0v) is 11.6. The molecule has 3 N–H and O–H groups in total. The van der Waals surface area contributed by atoms with Crippen molar-refractivity contribution in [3.8, 4) is 0 Å². The van der Waals surface area contributed by atoms with E-state index in [0.717, 1.165) is 25.7 Å². The molecule has 1 saturated carbocycles. The molecule has 1 aliphatic rings. The number of alkyl halides is 3. The van der Waals surface area contributed by atoms with Crippen LogP contribution in [0, 0.1) is 17.2 Å². The number of hydrogen-bond acceptors (Lipinski definition) is 2. The normalized spacial score (nSPS) is 19.3. The van der Waals surface area contributed by atoms with Crippen LogP contribution in [0.2, 0.25) is 0 Å². The van der Waals surface area contributed by atoms with E-state index < -0.39 is 17.9 Å². The van der Waals surface area contributed by atoms with Crippen molar-refractivity contribution in [3.63, 3.8) is 0 Å². The number of hydrogen-bond donors (Lipinski definition) is 2. The van der Waals surface area contributed by atoms with Gasteiger partial charge in [0.25, 0.3) is 0 Å². The first-order chi connectivity index (χ1) is 8.71. The van der Waals surface area contributed by atoms with E-state index in [0.29, 0.717) is 12.5 Å². The number of nitrogens with two attached hydrogens (primary N) is 1. The van der Waals surface area contributed by atoms with E-state index in [1.54, 1.807) is 0 Å². The SMILES string of the molecule is CC(C)CN(CC(C(=N)N)C(F)(F)F)C1CCCC1. The highest BCUT2D eigenvalue weighted by atomic mass is 19.4. The molecule has 6 heteroatoms. The van der Waals surface area contributed by atoms with Crippen LogP contribution in [0.4, 0.5) is 13.2 Å². The summed E-state index contributed by atoms with van der Waals surface area (Å²) < 4.78 is 38.7. The predicted octanol–water partition coefficient (Wildman–Crippen LogP) is 3.00. The van der Waals surface area contributed by atoms with Crippen LogP contribution < -0.4 is 5.73 Å². The van der Waals surface area contributed by atoms with Gasteiger partial charge in [0, 0.05) is 19.1 Å². The lowest BCUT2D eigenvalue weighted by atomic mass is 10.0. The summed E-state index contributed by atoms with van der Waals surface area (Å²) >= 11 is 0. The van der Waals surface area contributed by atoms with Crippen molar-refractivity contribution in [1.82, 2.24) is 4.90 Å². The van der Waals surface area contributed by atoms with Gasteiger partial charge in [-0.1, -0.05) is 26.7 Å². The Morgan fingerprint density at radius 3 is 2.16 bits per heavy atom. The zero-order valence-electron chi connectivity index (χ0n) is 11.6. The lowest BCUT2D eigenvalue weighted by Crippen LogP contribution is -2.47. The van der Waals surface area contributed by atoms with E-state index in [4.69, 9.17) is 11.1 Å². The van der Waals surface area contributed by atoms with Gasteiger partial charge in [-0.3, -0.25) is 10.3 Å². The quantitative estimate of drug-likeness (QED) is 0.580. The van der Waals surface area contributed by atoms with Crippen LogP contribution >= 0.6 is 0 Å². The lowest BCUT2D eigenvalue weighted by molar-refractivity contribution is -0.161. The standard InChI is InChI=1S/C13H24F3N3/c1-9(2)7-19(10-5-3-4-6-10)8-11(12(17)18)13(14,15)16/h9-11H,3-8H2,1-2H3,(H3,17,18). The first-order valence-electron chi connectivity index (χ1n) is 6.86. The van der Waals surface area contributed by atoms with Gasteiger partial charge in [0.15, 0.2) is 0 Å². The maximum atomic E-state index is 12.9. The molecular formula is C13H24F3N3. The third-order valence-electron chi connectivity index (χ3n) is 3.63. The second-order valence-electron chi connectivity index (χ2n) is 5.84. The molecular weight excluding hydrogens is 255 g/mol. The molecule has 1 atom stereocenters. The van der Waals surface area contributed by atoms with Gasteiger partial charge in [0.2, 0.25) is 0 Å². The molecule has 0 aromatic heterocycles. The van der Waals surface area contributed by atoms with Gasteiger partial charge in [0.05, 0.1) is 0 Å². The minimum Gasteiger partial charge on any atom is -0.387 e. The summed E-state index contributed by atoms with van der Waals surface area (Å²) in [6, 6.07) is 0.214. The number of rotatable bonds is 6. The summed E-state index contributed by atoms with van der Waals surface area (Å²) in [5.41, 5.74) is 5.14. The fourth-order valence-corrected chi connectivity index (χ4v) is 2.72. The molecule has 0 spiro atoms. The third-order valence-corrected chi connectivity index (χ3v) is 3.63. The molecule has 1 rings (SSSR count). The van der Waals surface area contributed by atoms with Gasteiger partial charge in [-0.25, -0.2) is 0 Å². The van der Waals surface area contributed by atoms with E-state index in [1.165, 1.54) is 0 Å². The molecule has 1 aliphatic carbocycles. The average molecular weight is 279 g/mol. The second kappa shape index (κ2) is 6.59. The van der Waals surface area contributed by atoms with Gasteiger partial charge in [-0.05, 0) is 18.8 Å². The van der Waals surface area contributed by atoms with E-state index in [1.807, 2.05) is 18.7 Å². The number of amidine groups is 1. The largest absolute Gasteiger partial charge is 0.399 e. The molecule has 0 saturated heterocycles. The summed E-state index contributed by atoms with van der Waals surface area (Å²) in [7, 11) is 0. The van der Waals surface area contributed by atoms with E-state index >= 15 is 0 Å². The monoisotopic (exact) mass is 279 g/mol. The Morgan fingerprint density at radius 1 is 1.26 bits per heavy atom. The Labute approximate surface area is 112 Å². The van der Waals surface area contributed by atoms with Crippen molar-refractivity contribution >= 4 is 5.84 Å². The van der Waals surface area contributed by atoms with E-state index in [-0.39, 0.29) is 12.6 Å². The van der Waals surface area contributed by atoms with Crippen LogP contribution in [0.25, 0.3) is 0 Å². The summed E-state index contributed by atoms with van der Waals surface area (Å²) in [6.07, 6.45) is -0.365. The maximum absolute atomic E-state index is 12.9. The fraction of sp³-hybridized carbons (Fsp3) is 0.923. The summed E-state index contributed by atoms with van der Waals surface area (Å²) in [6.45, 7) is 4.45. The first-order valence-corrected chi connectivity index (χ1v) is 6.86. The first kappa shape index (κ1) is 16.3. The lowest BCUT2D eigenvalue weighted by Gasteiger charge is -2.34. The predicted molar refractivity (Wildman–Crippen MR) is 70.1 cm³/mol. The number of halogens is 3. The van der Waals surface area contributed by atoms with Crippen molar-refractivity contribution in [3.05, 3.63) is 0 Å². The van der Waals surface area contributed by atoms with Gasteiger partial charge < -0.3 is 5.73 Å². The van der Waals surface area contributed by atoms with E-state index in [2.05, 4.69) is 0 Å². The molecule has 0 amide bonds. The highest BCUT2D eigenvalue weighted by Gasteiger charge is 2.43. The molecule has 0 aromatic carbocycles. The number of nitrogens with zero attached hydrogens (tertiary/aromatic N) is 1. The molecule has 1 fully saturated rings. The topological polar surface area (TPSA) is 53.1 Å². The molecule has 0 radical (unpaired) electrons. The van der Waals surface area contributed by atoms with E-state index in [9.17, 15) is 13.2 Å². The molecule has 112 valence electrons. The van der Waals surface area contributed by atoms with Gasteiger partial charge in [0.1, 0.15) is 11.8 Å². The Bertz CT molecular complexity index is 296. The van der Waals surface area contributed by atoms with Crippen LogP contribution in [0.15, 0.2) is 0 Å². The van der Waals surface area contributed by atoms with Crippen molar-refractivity contribution in [2.75, 3.05) is 13.1 Å². The van der Waals surface area contributed by atoms with Crippen molar-refractivity contribution in [2.24, 2.45) is 17.6 Å². The van der Waals surface area contributed by atoms with Gasteiger partial charge >= 0.3 is 6.18 Å². The van der Waals surface area contributed by atoms with Crippen molar-refractivity contribution in [1.29, 1.82) is 5.41 Å². The molecule has 19 heavy (non-hydrogen) atoms. The summed E-state index contributed by atoms with van der Waals surface area (Å²) in [4.78, 5) is 1.89. The summed E-state index contributed by atoms with van der Waals surface area (Å²) in [5, 5.41) is 7.18. The Morgan fingerprint density at radius 2 is 1.79 bits per heavy atom. The zero-order chi connectivity index (χ0) is 14.6. The summed E-state index contributed by atoms with van der Waals surface area (Å²) in [5.74, 6) is -2.31. The Kier molecular flexibility index (Phi) is 5.64. The maximum Gasteiger partial charge on any atom is 0.399 e. The smallest absolute Gasteiger partial charge is 0.387 e. The van der Waals surface area contributed by atoms with Crippen LogP contribution in [0.5, 0.6) is 0 Å². The van der Waals surface area contributed by atoms with Crippen LogP contribution in [-0.4, -0.2) is 36.0 Å². The minimum absolute atomic E-state index is 0.179. The molecule has 1 unspecified atom stereocenters. The third kappa shape index (κ3) is 5.01. The van der Waals surface area contributed by atoms with Crippen LogP contribution in [0.1, 0.15) is 39.5 Å². The molecule has 0 aliphatic heterocycles. The van der Waals surface area contributed by atoms with Crippen LogP contribution in [0.3, 0.4) is 0 Å². The number of nitrogens with one attached hydrogen (secondary N) is 1. The van der Waals surface area contributed by atoms with Gasteiger partial charge in [-0.15, -0.1) is 0 Å². The average Bonchev–Trinajstić information content (AvgIpc) is 2.74. The van der Waals surface area contributed by atoms with Crippen molar-refractivity contribution < 1.29 is 13.2 Å². The van der Waals surface area contributed by atoms with Gasteiger partial charge in [-0.2, -0.15) is 13.2 Å². The molecule has 0 bridgehead atoms. The Hall–Kier alpha value is -0.780. The molecule has 3 nitrogen and oxygen atoms in total. The molecule has 0 aromatic rings. The Balaban J connectivity index is 2.76. The highest BCUT2D eigenvalue weighted by molar-refractivity contribution is 5.80.